The normalized spacial score (nSPS) is 24.1. The van der Waals surface area contributed by atoms with Crippen molar-refractivity contribution in [3.63, 3.8) is 0 Å². The summed E-state index contributed by atoms with van der Waals surface area (Å²) in [5, 5.41) is 3.38. The maximum absolute atomic E-state index is 12.3. The summed E-state index contributed by atoms with van der Waals surface area (Å²) in [4.78, 5) is 0. The number of nitrogens with zero attached hydrogens (tertiary/aromatic N) is 1. The molecule has 5 nitrogen and oxygen atoms in total. The fraction of sp³-hybridized carbons (Fsp3) is 1.00. The lowest BCUT2D eigenvalue weighted by Crippen LogP contribution is -2.52. The Morgan fingerprint density at radius 1 is 1.44 bits per heavy atom. The topological polar surface area (TPSA) is 61.4 Å². The van der Waals surface area contributed by atoms with Gasteiger partial charge in [-0.1, -0.05) is 13.3 Å². The van der Waals surface area contributed by atoms with Crippen molar-refractivity contribution in [2.45, 2.75) is 37.5 Å². The van der Waals surface area contributed by atoms with Gasteiger partial charge in [-0.25, -0.2) is 4.72 Å². The highest BCUT2D eigenvalue weighted by molar-refractivity contribution is 7.99. The van der Waals surface area contributed by atoms with E-state index in [0.29, 0.717) is 18.3 Å². The van der Waals surface area contributed by atoms with Crippen LogP contribution in [0.2, 0.25) is 0 Å². The van der Waals surface area contributed by atoms with E-state index >= 15 is 0 Å². The predicted molar refractivity (Wildman–Crippen MR) is 78.2 cm³/mol. The van der Waals surface area contributed by atoms with E-state index in [2.05, 4.69) is 10.0 Å². The molecule has 18 heavy (non-hydrogen) atoms. The van der Waals surface area contributed by atoms with Gasteiger partial charge in [-0.2, -0.15) is 24.5 Å². The Hall–Kier alpha value is 0.180. The van der Waals surface area contributed by atoms with Crippen molar-refractivity contribution in [1.29, 1.82) is 0 Å². The number of rotatable bonds is 7. The number of nitrogens with one attached hydrogen (secondary N) is 2. The van der Waals surface area contributed by atoms with E-state index in [4.69, 9.17) is 0 Å². The van der Waals surface area contributed by atoms with E-state index in [-0.39, 0.29) is 6.04 Å². The summed E-state index contributed by atoms with van der Waals surface area (Å²) in [6, 6.07) is 0.0887. The predicted octanol–water partition coefficient (Wildman–Crippen LogP) is 0.646. The minimum Gasteiger partial charge on any atom is -0.318 e. The van der Waals surface area contributed by atoms with Crippen LogP contribution >= 0.6 is 11.8 Å². The van der Waals surface area contributed by atoms with Crippen LogP contribution in [-0.4, -0.2) is 57.0 Å². The molecule has 1 rings (SSSR count). The highest BCUT2D eigenvalue weighted by atomic mass is 32.2. The summed E-state index contributed by atoms with van der Waals surface area (Å²) in [7, 11) is -1.47. The van der Waals surface area contributed by atoms with Crippen LogP contribution in [0.4, 0.5) is 0 Å². The molecule has 108 valence electrons. The van der Waals surface area contributed by atoms with Gasteiger partial charge in [0, 0.05) is 30.9 Å². The fourth-order valence-corrected chi connectivity index (χ4v) is 4.04. The third-order valence-corrected chi connectivity index (χ3v) is 5.88. The second-order valence-corrected chi connectivity index (χ2v) is 7.70. The largest absolute Gasteiger partial charge is 0.318 e. The second-order valence-electron chi connectivity index (χ2n) is 4.72. The molecule has 0 bridgehead atoms. The van der Waals surface area contributed by atoms with E-state index in [1.807, 2.05) is 20.2 Å². The Balaban J connectivity index is 2.62. The molecule has 0 saturated carbocycles. The Kier molecular flexibility index (Phi) is 6.94. The molecule has 0 spiro atoms. The zero-order chi connectivity index (χ0) is 13.6. The summed E-state index contributed by atoms with van der Waals surface area (Å²) in [5.74, 6) is 0. The average molecular weight is 295 g/mol. The maximum Gasteiger partial charge on any atom is 0.279 e. The molecule has 2 atom stereocenters. The molecule has 7 heteroatoms. The van der Waals surface area contributed by atoms with Gasteiger partial charge in [-0.15, -0.1) is 0 Å². The van der Waals surface area contributed by atoms with Gasteiger partial charge in [-0.05, 0) is 26.1 Å². The SMILES string of the molecule is CNCC1CCCCN1S(=O)(=O)NCC(C)SC. The van der Waals surface area contributed by atoms with Gasteiger partial charge in [-0.3, -0.25) is 0 Å². The molecule has 0 amide bonds. The Morgan fingerprint density at radius 3 is 2.78 bits per heavy atom. The van der Waals surface area contributed by atoms with Crippen molar-refractivity contribution in [2.75, 3.05) is 32.9 Å². The van der Waals surface area contributed by atoms with E-state index in [1.54, 1.807) is 16.1 Å². The number of piperidine rings is 1. The van der Waals surface area contributed by atoms with Crippen LogP contribution < -0.4 is 10.0 Å². The van der Waals surface area contributed by atoms with Gasteiger partial charge < -0.3 is 5.32 Å². The summed E-state index contributed by atoms with van der Waals surface area (Å²) in [5.41, 5.74) is 0. The fourth-order valence-electron chi connectivity index (χ4n) is 2.12. The van der Waals surface area contributed by atoms with Crippen LogP contribution in [0.3, 0.4) is 0 Å². The summed E-state index contributed by atoms with van der Waals surface area (Å²) in [6.45, 7) is 3.87. The molecule has 1 saturated heterocycles. The first-order valence-corrected chi connectivity index (χ1v) is 9.18. The molecule has 1 fully saturated rings. The molecule has 0 aromatic rings. The van der Waals surface area contributed by atoms with Crippen LogP contribution in [0.15, 0.2) is 0 Å². The molecule has 0 aromatic carbocycles. The van der Waals surface area contributed by atoms with Crippen LogP contribution in [0.1, 0.15) is 26.2 Å². The standard InChI is InChI=1S/C11H25N3O2S2/c1-10(17-3)8-13-18(15,16)14-7-5-4-6-11(14)9-12-2/h10-13H,4-9H2,1-3H3. The van der Waals surface area contributed by atoms with Crippen molar-refractivity contribution in [3.8, 4) is 0 Å². The lowest BCUT2D eigenvalue weighted by molar-refractivity contribution is 0.246. The van der Waals surface area contributed by atoms with Crippen LogP contribution in [0, 0.1) is 0 Å². The highest BCUT2D eigenvalue weighted by Gasteiger charge is 2.31. The Labute approximate surface area is 115 Å². The van der Waals surface area contributed by atoms with Crippen molar-refractivity contribution in [2.24, 2.45) is 0 Å². The van der Waals surface area contributed by atoms with E-state index in [9.17, 15) is 8.42 Å². The molecule has 2 N–H and O–H groups in total. The van der Waals surface area contributed by atoms with Crippen molar-refractivity contribution >= 4 is 22.0 Å². The minimum absolute atomic E-state index is 0.0887. The van der Waals surface area contributed by atoms with Gasteiger partial charge in [0.25, 0.3) is 10.2 Å². The smallest absolute Gasteiger partial charge is 0.279 e. The monoisotopic (exact) mass is 295 g/mol. The third kappa shape index (κ3) is 4.70. The van der Waals surface area contributed by atoms with Gasteiger partial charge in [0.05, 0.1) is 0 Å². The quantitative estimate of drug-likeness (QED) is 0.724. The average Bonchev–Trinajstić information content (AvgIpc) is 2.37. The van der Waals surface area contributed by atoms with Crippen LogP contribution in [-0.2, 0) is 10.2 Å². The number of hydrogen-bond acceptors (Lipinski definition) is 4. The molecule has 2 unspecified atom stereocenters. The molecule has 1 aliphatic heterocycles. The molecular formula is C11H25N3O2S2. The molecule has 0 aliphatic carbocycles. The molecular weight excluding hydrogens is 270 g/mol. The summed E-state index contributed by atoms with van der Waals surface area (Å²) < 4.78 is 28.9. The maximum atomic E-state index is 12.3. The van der Waals surface area contributed by atoms with Gasteiger partial charge >= 0.3 is 0 Å². The van der Waals surface area contributed by atoms with Crippen LogP contribution in [0.25, 0.3) is 0 Å². The lowest BCUT2D eigenvalue weighted by Gasteiger charge is -2.34. The minimum atomic E-state index is -3.33. The highest BCUT2D eigenvalue weighted by Crippen LogP contribution is 2.19. The van der Waals surface area contributed by atoms with Gasteiger partial charge in [0.1, 0.15) is 0 Å². The van der Waals surface area contributed by atoms with Crippen molar-refractivity contribution in [1.82, 2.24) is 14.3 Å². The number of thioether (sulfide) groups is 1. The Morgan fingerprint density at radius 2 is 2.17 bits per heavy atom. The first-order valence-electron chi connectivity index (χ1n) is 6.45. The van der Waals surface area contributed by atoms with E-state index in [1.165, 1.54) is 0 Å². The number of hydrogen-bond donors (Lipinski definition) is 2. The second kappa shape index (κ2) is 7.69. The van der Waals surface area contributed by atoms with Crippen molar-refractivity contribution < 1.29 is 8.42 Å². The molecule has 1 heterocycles. The summed E-state index contributed by atoms with van der Waals surface area (Å²) in [6.07, 6.45) is 5.00. The summed E-state index contributed by atoms with van der Waals surface area (Å²) >= 11 is 1.67. The molecule has 0 aromatic heterocycles. The van der Waals surface area contributed by atoms with Crippen molar-refractivity contribution in [3.05, 3.63) is 0 Å². The van der Waals surface area contributed by atoms with E-state index < -0.39 is 10.2 Å². The Bertz CT molecular complexity index is 333. The van der Waals surface area contributed by atoms with Gasteiger partial charge in [0.15, 0.2) is 0 Å². The molecule has 1 aliphatic rings. The van der Waals surface area contributed by atoms with Gasteiger partial charge in [0.2, 0.25) is 0 Å². The first-order chi connectivity index (χ1) is 8.51. The lowest BCUT2D eigenvalue weighted by atomic mass is 10.1. The zero-order valence-electron chi connectivity index (χ0n) is 11.5. The number of likely N-dealkylation sites (N-methyl/N-ethyl adjacent to an activating group) is 1. The third-order valence-electron chi connectivity index (χ3n) is 3.28. The van der Waals surface area contributed by atoms with Crippen LogP contribution in [0.5, 0.6) is 0 Å². The molecule has 0 radical (unpaired) electrons. The van der Waals surface area contributed by atoms with E-state index in [0.717, 1.165) is 25.8 Å². The first kappa shape index (κ1) is 16.2. The zero-order valence-corrected chi connectivity index (χ0v) is 13.1.